The number of carbonyl (C=O) groups is 1. The van der Waals surface area contributed by atoms with Gasteiger partial charge in [-0.1, -0.05) is 6.07 Å². The van der Waals surface area contributed by atoms with E-state index in [-0.39, 0.29) is 18.5 Å². The van der Waals surface area contributed by atoms with Gasteiger partial charge in [-0.25, -0.2) is 8.78 Å². The molecule has 2 aromatic carbocycles. The molecule has 6 heteroatoms. The van der Waals surface area contributed by atoms with E-state index >= 15 is 0 Å². The lowest BCUT2D eigenvalue weighted by atomic mass is 10.1. The number of anilines is 1. The SMILES string of the molecule is COc1cccc(NC(=O)C[NH2+][C@H](C)c2ccc(F)c(F)c2)c1. The second-order valence-corrected chi connectivity index (χ2v) is 5.18. The van der Waals surface area contributed by atoms with E-state index in [4.69, 9.17) is 4.74 Å². The number of hydrogen-bond donors (Lipinski definition) is 2. The van der Waals surface area contributed by atoms with E-state index in [1.165, 1.54) is 6.07 Å². The molecule has 122 valence electrons. The first-order chi connectivity index (χ1) is 11.0. The molecule has 0 aliphatic carbocycles. The lowest BCUT2D eigenvalue weighted by molar-refractivity contribution is -0.682. The number of amides is 1. The topological polar surface area (TPSA) is 54.9 Å². The first kappa shape index (κ1) is 16.9. The summed E-state index contributed by atoms with van der Waals surface area (Å²) in [5.74, 6) is -1.30. The summed E-state index contributed by atoms with van der Waals surface area (Å²) in [5, 5.41) is 4.51. The third kappa shape index (κ3) is 4.75. The van der Waals surface area contributed by atoms with Crippen LogP contribution in [0.2, 0.25) is 0 Å². The summed E-state index contributed by atoms with van der Waals surface area (Å²) in [6.45, 7) is 1.99. The number of quaternary nitrogens is 1. The predicted molar refractivity (Wildman–Crippen MR) is 83.2 cm³/mol. The van der Waals surface area contributed by atoms with Crippen LogP contribution in [0, 0.1) is 11.6 Å². The van der Waals surface area contributed by atoms with Gasteiger partial charge in [0.05, 0.1) is 7.11 Å². The molecular formula is C17H19F2N2O2+. The number of carbonyl (C=O) groups excluding carboxylic acids is 1. The number of benzene rings is 2. The summed E-state index contributed by atoms with van der Waals surface area (Å²) in [4.78, 5) is 12.0. The van der Waals surface area contributed by atoms with Gasteiger partial charge < -0.3 is 15.4 Å². The fraction of sp³-hybridized carbons (Fsp3) is 0.235. The Hall–Kier alpha value is -2.47. The molecule has 0 aliphatic heterocycles. The second kappa shape index (κ2) is 7.69. The Morgan fingerprint density at radius 1 is 1.22 bits per heavy atom. The van der Waals surface area contributed by atoms with Crippen molar-refractivity contribution in [2.75, 3.05) is 19.0 Å². The van der Waals surface area contributed by atoms with Gasteiger partial charge >= 0.3 is 0 Å². The maximum Gasteiger partial charge on any atom is 0.279 e. The van der Waals surface area contributed by atoms with E-state index < -0.39 is 11.6 Å². The fourth-order valence-electron chi connectivity index (χ4n) is 2.13. The molecule has 0 aliphatic rings. The molecule has 0 spiro atoms. The van der Waals surface area contributed by atoms with Crippen LogP contribution in [-0.4, -0.2) is 19.6 Å². The highest BCUT2D eigenvalue weighted by Gasteiger charge is 2.14. The Bertz CT molecular complexity index is 692. The molecule has 1 amide bonds. The number of hydrogen-bond acceptors (Lipinski definition) is 2. The van der Waals surface area contributed by atoms with Crippen molar-refractivity contribution in [1.29, 1.82) is 0 Å². The molecule has 0 saturated carbocycles. The Morgan fingerprint density at radius 3 is 2.70 bits per heavy atom. The third-order valence-electron chi connectivity index (χ3n) is 3.48. The summed E-state index contributed by atoms with van der Waals surface area (Å²) in [6, 6.07) is 10.6. The van der Waals surface area contributed by atoms with Crippen LogP contribution < -0.4 is 15.4 Å². The monoisotopic (exact) mass is 321 g/mol. The minimum absolute atomic E-state index is 0.164. The highest BCUT2D eigenvalue weighted by molar-refractivity contribution is 5.91. The summed E-state index contributed by atoms with van der Waals surface area (Å²) in [7, 11) is 1.55. The number of rotatable bonds is 6. The number of methoxy groups -OCH3 is 1. The van der Waals surface area contributed by atoms with Gasteiger partial charge in [0.25, 0.3) is 5.91 Å². The molecule has 0 aromatic heterocycles. The molecule has 23 heavy (non-hydrogen) atoms. The van der Waals surface area contributed by atoms with Gasteiger partial charge in [0.2, 0.25) is 0 Å². The average molecular weight is 321 g/mol. The van der Waals surface area contributed by atoms with Crippen molar-refractivity contribution in [2.45, 2.75) is 13.0 Å². The van der Waals surface area contributed by atoms with Crippen molar-refractivity contribution < 1.29 is 23.6 Å². The normalized spacial score (nSPS) is 11.8. The van der Waals surface area contributed by atoms with Crippen molar-refractivity contribution in [1.82, 2.24) is 0 Å². The van der Waals surface area contributed by atoms with Crippen LogP contribution in [0.5, 0.6) is 5.75 Å². The first-order valence-corrected chi connectivity index (χ1v) is 7.22. The zero-order valence-corrected chi connectivity index (χ0v) is 13.0. The van der Waals surface area contributed by atoms with Gasteiger partial charge in [-0.15, -0.1) is 0 Å². The van der Waals surface area contributed by atoms with Crippen LogP contribution in [-0.2, 0) is 4.79 Å². The largest absolute Gasteiger partial charge is 0.497 e. The fourth-order valence-corrected chi connectivity index (χ4v) is 2.13. The van der Waals surface area contributed by atoms with E-state index in [0.717, 1.165) is 12.1 Å². The van der Waals surface area contributed by atoms with Crippen molar-refractivity contribution >= 4 is 11.6 Å². The molecule has 0 bridgehead atoms. The van der Waals surface area contributed by atoms with Crippen molar-refractivity contribution in [2.24, 2.45) is 0 Å². The van der Waals surface area contributed by atoms with E-state index in [9.17, 15) is 13.6 Å². The van der Waals surface area contributed by atoms with Gasteiger partial charge in [0.1, 0.15) is 11.8 Å². The highest BCUT2D eigenvalue weighted by Crippen LogP contribution is 2.16. The molecular weight excluding hydrogens is 302 g/mol. The van der Waals surface area contributed by atoms with E-state index in [2.05, 4.69) is 5.32 Å². The van der Waals surface area contributed by atoms with Crippen LogP contribution in [0.3, 0.4) is 0 Å². The first-order valence-electron chi connectivity index (χ1n) is 7.22. The number of nitrogens with two attached hydrogens (primary N) is 1. The quantitative estimate of drug-likeness (QED) is 0.857. The van der Waals surface area contributed by atoms with Crippen molar-refractivity contribution in [3.63, 3.8) is 0 Å². The molecule has 0 heterocycles. The number of halogens is 2. The van der Waals surface area contributed by atoms with Crippen LogP contribution in [0.15, 0.2) is 42.5 Å². The van der Waals surface area contributed by atoms with E-state index in [0.29, 0.717) is 17.0 Å². The van der Waals surface area contributed by atoms with Crippen molar-refractivity contribution in [3.05, 3.63) is 59.7 Å². The molecule has 0 fully saturated rings. The predicted octanol–water partition coefficient (Wildman–Crippen LogP) is 2.24. The van der Waals surface area contributed by atoms with Gasteiger partial charge in [0, 0.05) is 17.3 Å². The zero-order valence-electron chi connectivity index (χ0n) is 13.0. The maximum atomic E-state index is 13.2. The summed E-state index contributed by atoms with van der Waals surface area (Å²) >= 11 is 0. The van der Waals surface area contributed by atoms with Crippen molar-refractivity contribution in [3.8, 4) is 5.75 Å². The molecule has 0 saturated heterocycles. The number of nitrogens with one attached hydrogen (secondary N) is 1. The summed E-state index contributed by atoms with van der Waals surface area (Å²) in [6.07, 6.45) is 0. The Kier molecular flexibility index (Phi) is 5.65. The van der Waals surface area contributed by atoms with E-state index in [1.807, 2.05) is 6.92 Å². The Labute approximate surface area is 133 Å². The Balaban J connectivity index is 1.89. The highest BCUT2D eigenvalue weighted by atomic mass is 19.2. The maximum absolute atomic E-state index is 13.2. The van der Waals surface area contributed by atoms with Crippen LogP contribution in [0.25, 0.3) is 0 Å². The molecule has 2 rings (SSSR count). The standard InChI is InChI=1S/C17H18F2N2O2/c1-11(12-6-7-15(18)16(19)8-12)20-10-17(22)21-13-4-3-5-14(9-13)23-2/h3-9,11,20H,10H2,1-2H3,(H,21,22)/p+1/t11-/m1/s1. The zero-order chi connectivity index (χ0) is 16.8. The lowest BCUT2D eigenvalue weighted by Gasteiger charge is -2.12. The van der Waals surface area contributed by atoms with Gasteiger partial charge in [-0.2, -0.15) is 0 Å². The summed E-state index contributed by atoms with van der Waals surface area (Å²) < 4.78 is 31.2. The lowest BCUT2D eigenvalue weighted by Crippen LogP contribution is -2.86. The van der Waals surface area contributed by atoms with Gasteiger partial charge in [-0.3, -0.25) is 4.79 Å². The minimum Gasteiger partial charge on any atom is -0.497 e. The molecule has 3 N–H and O–H groups in total. The Morgan fingerprint density at radius 2 is 2.00 bits per heavy atom. The van der Waals surface area contributed by atoms with Gasteiger partial charge in [-0.05, 0) is 37.3 Å². The van der Waals surface area contributed by atoms with Crippen LogP contribution in [0.4, 0.5) is 14.5 Å². The number of ether oxygens (including phenoxy) is 1. The third-order valence-corrected chi connectivity index (χ3v) is 3.48. The van der Waals surface area contributed by atoms with Gasteiger partial charge in [0.15, 0.2) is 18.2 Å². The average Bonchev–Trinajstić information content (AvgIpc) is 2.55. The molecule has 1 atom stereocenters. The molecule has 0 radical (unpaired) electrons. The minimum atomic E-state index is -0.886. The smallest absolute Gasteiger partial charge is 0.279 e. The molecule has 4 nitrogen and oxygen atoms in total. The van der Waals surface area contributed by atoms with Crippen LogP contribution >= 0.6 is 0 Å². The van der Waals surface area contributed by atoms with Crippen LogP contribution in [0.1, 0.15) is 18.5 Å². The van der Waals surface area contributed by atoms with E-state index in [1.54, 1.807) is 36.7 Å². The second-order valence-electron chi connectivity index (χ2n) is 5.18. The summed E-state index contributed by atoms with van der Waals surface area (Å²) in [5.41, 5.74) is 1.27. The molecule has 0 unspecified atom stereocenters. The molecule has 2 aromatic rings.